The van der Waals surface area contributed by atoms with Crippen LogP contribution in [0, 0.1) is 6.92 Å². The summed E-state index contributed by atoms with van der Waals surface area (Å²) in [5.41, 5.74) is 1.86. The van der Waals surface area contributed by atoms with Crippen LogP contribution in [0.1, 0.15) is 23.1 Å². The number of aryl methyl sites for hydroxylation is 2. The second-order valence-electron chi connectivity index (χ2n) is 4.52. The molecule has 3 aromatic heterocycles. The summed E-state index contributed by atoms with van der Waals surface area (Å²) >= 11 is 3.40. The van der Waals surface area contributed by atoms with E-state index in [4.69, 9.17) is 0 Å². The van der Waals surface area contributed by atoms with Crippen LogP contribution >= 0.6 is 15.9 Å². The van der Waals surface area contributed by atoms with Crippen LogP contribution in [0.4, 0.5) is 5.95 Å². The van der Waals surface area contributed by atoms with Gasteiger partial charge in [-0.2, -0.15) is 0 Å². The normalized spacial score (nSPS) is 11.0. The third kappa shape index (κ3) is 2.42. The van der Waals surface area contributed by atoms with Gasteiger partial charge < -0.3 is 0 Å². The monoisotopic (exact) mass is 348 g/mol. The number of amides is 1. The summed E-state index contributed by atoms with van der Waals surface area (Å²) in [6.45, 7) is 4.44. The number of carbonyl (C=O) groups excluding carboxylic acids is 1. The molecule has 0 fully saturated rings. The van der Waals surface area contributed by atoms with Crippen molar-refractivity contribution in [2.24, 2.45) is 0 Å². The smallest absolute Gasteiger partial charge is 0.276 e. The molecule has 0 aliphatic heterocycles. The molecule has 0 saturated heterocycles. The van der Waals surface area contributed by atoms with Gasteiger partial charge in [-0.3, -0.25) is 19.1 Å². The van der Waals surface area contributed by atoms with E-state index < -0.39 is 0 Å². The van der Waals surface area contributed by atoms with Gasteiger partial charge in [0.25, 0.3) is 5.91 Å². The van der Waals surface area contributed by atoms with Crippen molar-refractivity contribution in [1.82, 2.24) is 24.1 Å². The van der Waals surface area contributed by atoms with Gasteiger partial charge in [0.1, 0.15) is 17.7 Å². The van der Waals surface area contributed by atoms with Crippen molar-refractivity contribution in [3.63, 3.8) is 0 Å². The molecule has 0 atom stereocenters. The van der Waals surface area contributed by atoms with Crippen LogP contribution < -0.4 is 5.32 Å². The molecule has 1 N–H and O–H groups in total. The second kappa shape index (κ2) is 5.28. The highest BCUT2D eigenvalue weighted by Crippen LogP contribution is 2.17. The molecule has 0 aliphatic carbocycles. The van der Waals surface area contributed by atoms with Gasteiger partial charge in [-0.1, -0.05) is 0 Å². The standard InChI is InChI=1S/C13H13BrN6O/c1-3-19-7-15-18-13(19)17-12(21)11-8(2)16-10-5-4-9(14)6-20(10)11/h4-7H,3H2,1-2H3,(H,17,18,21). The Morgan fingerprint density at radius 3 is 3.00 bits per heavy atom. The summed E-state index contributed by atoms with van der Waals surface area (Å²) in [5.74, 6) is 0.160. The molecule has 1 amide bonds. The number of aromatic nitrogens is 5. The van der Waals surface area contributed by atoms with Gasteiger partial charge in [-0.25, -0.2) is 4.98 Å². The first-order valence-corrected chi connectivity index (χ1v) is 7.23. The van der Waals surface area contributed by atoms with E-state index >= 15 is 0 Å². The summed E-state index contributed by atoms with van der Waals surface area (Å²) in [7, 11) is 0. The Morgan fingerprint density at radius 1 is 1.43 bits per heavy atom. The zero-order valence-corrected chi connectivity index (χ0v) is 13.1. The van der Waals surface area contributed by atoms with Crippen molar-refractivity contribution >= 4 is 33.4 Å². The number of imidazole rings is 1. The number of nitrogens with zero attached hydrogens (tertiary/aromatic N) is 5. The predicted molar refractivity (Wildman–Crippen MR) is 81.3 cm³/mol. The third-order valence-electron chi connectivity index (χ3n) is 3.15. The van der Waals surface area contributed by atoms with Gasteiger partial charge in [-0.05, 0) is 41.9 Å². The lowest BCUT2D eigenvalue weighted by atomic mass is 10.3. The topological polar surface area (TPSA) is 77.1 Å². The van der Waals surface area contributed by atoms with Gasteiger partial charge in [-0.15, -0.1) is 10.2 Å². The highest BCUT2D eigenvalue weighted by atomic mass is 79.9. The molecule has 0 saturated carbocycles. The van der Waals surface area contributed by atoms with Crippen molar-refractivity contribution in [3.05, 3.63) is 40.5 Å². The van der Waals surface area contributed by atoms with Gasteiger partial charge >= 0.3 is 0 Å². The molecular formula is C13H13BrN6O. The van der Waals surface area contributed by atoms with Crippen molar-refractivity contribution in [1.29, 1.82) is 0 Å². The van der Waals surface area contributed by atoms with Gasteiger partial charge in [0.2, 0.25) is 5.95 Å². The Bertz CT molecular complexity index is 821. The molecule has 0 spiro atoms. The number of halogens is 1. The van der Waals surface area contributed by atoms with E-state index in [1.807, 2.05) is 25.3 Å². The molecule has 0 bridgehead atoms. The number of fused-ring (bicyclic) bond motifs is 1. The average molecular weight is 349 g/mol. The Morgan fingerprint density at radius 2 is 2.24 bits per heavy atom. The quantitative estimate of drug-likeness (QED) is 0.787. The van der Waals surface area contributed by atoms with Crippen LogP contribution in [0.25, 0.3) is 5.65 Å². The largest absolute Gasteiger partial charge is 0.300 e. The van der Waals surface area contributed by atoms with Gasteiger partial charge in [0, 0.05) is 17.2 Å². The Labute approximate surface area is 129 Å². The first-order valence-electron chi connectivity index (χ1n) is 6.43. The van der Waals surface area contributed by atoms with Gasteiger partial charge in [0.05, 0.1) is 5.69 Å². The first-order chi connectivity index (χ1) is 10.1. The summed E-state index contributed by atoms with van der Waals surface area (Å²) in [6, 6.07) is 3.74. The molecular weight excluding hydrogens is 336 g/mol. The van der Waals surface area contributed by atoms with E-state index in [2.05, 4.69) is 36.4 Å². The fraction of sp³-hybridized carbons (Fsp3) is 0.231. The van der Waals surface area contributed by atoms with E-state index in [1.54, 1.807) is 22.2 Å². The van der Waals surface area contributed by atoms with E-state index in [-0.39, 0.29) is 5.91 Å². The molecule has 21 heavy (non-hydrogen) atoms. The van der Waals surface area contributed by atoms with Crippen LogP contribution in [0.15, 0.2) is 29.1 Å². The lowest BCUT2D eigenvalue weighted by molar-refractivity contribution is 0.101. The SMILES string of the molecule is CCn1cnnc1NC(=O)c1c(C)nc2ccc(Br)cn12. The van der Waals surface area contributed by atoms with Crippen molar-refractivity contribution < 1.29 is 4.79 Å². The lowest BCUT2D eigenvalue weighted by Gasteiger charge is -2.06. The number of pyridine rings is 1. The zero-order valence-electron chi connectivity index (χ0n) is 11.5. The third-order valence-corrected chi connectivity index (χ3v) is 3.62. The summed E-state index contributed by atoms with van der Waals surface area (Å²) in [6.07, 6.45) is 3.39. The van der Waals surface area contributed by atoms with Crippen LogP contribution in [-0.2, 0) is 6.54 Å². The minimum Gasteiger partial charge on any atom is -0.300 e. The van der Waals surface area contributed by atoms with Crippen LogP contribution in [0.5, 0.6) is 0 Å². The summed E-state index contributed by atoms with van der Waals surface area (Å²) < 4.78 is 4.38. The molecule has 7 nitrogen and oxygen atoms in total. The molecule has 0 radical (unpaired) electrons. The Balaban J connectivity index is 2.02. The fourth-order valence-electron chi connectivity index (χ4n) is 2.15. The number of hydrogen-bond donors (Lipinski definition) is 1. The molecule has 0 unspecified atom stereocenters. The molecule has 108 valence electrons. The zero-order chi connectivity index (χ0) is 15.0. The molecule has 3 aromatic rings. The highest BCUT2D eigenvalue weighted by molar-refractivity contribution is 9.10. The van der Waals surface area contributed by atoms with E-state index in [0.29, 0.717) is 23.9 Å². The molecule has 3 rings (SSSR count). The maximum absolute atomic E-state index is 12.5. The average Bonchev–Trinajstić information content (AvgIpc) is 3.01. The molecule has 0 aromatic carbocycles. The minimum atomic E-state index is -0.263. The van der Waals surface area contributed by atoms with Crippen LogP contribution in [0.3, 0.4) is 0 Å². The van der Waals surface area contributed by atoms with Crippen molar-refractivity contribution in [3.8, 4) is 0 Å². The predicted octanol–water partition coefficient (Wildman–Crippen LogP) is 2.27. The van der Waals surface area contributed by atoms with Crippen LogP contribution in [-0.4, -0.2) is 30.1 Å². The Kier molecular flexibility index (Phi) is 3.46. The molecule has 8 heteroatoms. The lowest BCUT2D eigenvalue weighted by Crippen LogP contribution is -2.18. The van der Waals surface area contributed by atoms with Crippen LogP contribution in [0.2, 0.25) is 0 Å². The Hall–Kier alpha value is -2.22. The molecule has 3 heterocycles. The number of nitrogens with one attached hydrogen (secondary N) is 1. The summed E-state index contributed by atoms with van der Waals surface area (Å²) in [5, 5.41) is 10.5. The minimum absolute atomic E-state index is 0.263. The van der Waals surface area contributed by atoms with Crippen molar-refractivity contribution in [2.75, 3.05) is 5.32 Å². The number of anilines is 1. The summed E-state index contributed by atoms with van der Waals surface area (Å²) in [4.78, 5) is 16.9. The molecule has 0 aliphatic rings. The first kappa shape index (κ1) is 13.7. The number of rotatable bonds is 3. The highest BCUT2D eigenvalue weighted by Gasteiger charge is 2.18. The van der Waals surface area contributed by atoms with Gasteiger partial charge in [0.15, 0.2) is 0 Å². The fourth-order valence-corrected chi connectivity index (χ4v) is 2.49. The van der Waals surface area contributed by atoms with E-state index in [1.165, 1.54) is 0 Å². The maximum Gasteiger partial charge on any atom is 0.276 e. The number of carbonyl (C=O) groups is 1. The number of hydrogen-bond acceptors (Lipinski definition) is 4. The second-order valence-corrected chi connectivity index (χ2v) is 5.43. The maximum atomic E-state index is 12.5. The van der Waals surface area contributed by atoms with Crippen molar-refractivity contribution in [2.45, 2.75) is 20.4 Å². The van der Waals surface area contributed by atoms with E-state index in [0.717, 1.165) is 10.1 Å². The van der Waals surface area contributed by atoms with E-state index in [9.17, 15) is 4.79 Å².